The Bertz CT molecular complexity index is 537. The molecule has 5 nitrogen and oxygen atoms in total. The Labute approximate surface area is 113 Å². The third-order valence-corrected chi connectivity index (χ3v) is 3.52. The Kier molecular flexibility index (Phi) is 4.52. The molecule has 3 N–H and O–H groups in total. The largest absolute Gasteiger partial charge is 0.395 e. The quantitative estimate of drug-likeness (QED) is 0.814. The fourth-order valence-corrected chi connectivity index (χ4v) is 2.33. The molecule has 1 unspecified atom stereocenters. The molecule has 0 radical (unpaired) electrons. The van der Waals surface area contributed by atoms with Gasteiger partial charge in [0.1, 0.15) is 5.82 Å². The Morgan fingerprint density at radius 2 is 2.16 bits per heavy atom. The van der Waals surface area contributed by atoms with Crippen LogP contribution in [0.5, 0.6) is 0 Å². The van der Waals surface area contributed by atoms with E-state index in [4.69, 9.17) is 15.8 Å². The zero-order valence-electron chi connectivity index (χ0n) is 11.6. The molecule has 2 aromatic rings. The maximum atomic E-state index is 9.06. The Hall–Kier alpha value is -1.43. The highest BCUT2D eigenvalue weighted by molar-refractivity contribution is 5.76. The first-order valence-electron chi connectivity index (χ1n) is 6.65. The average molecular weight is 262 g/mol. The second-order valence-electron chi connectivity index (χ2n) is 4.78. The summed E-state index contributed by atoms with van der Waals surface area (Å²) in [6.07, 6.45) is 0. The van der Waals surface area contributed by atoms with Crippen LogP contribution in [0.4, 0.5) is 0 Å². The average Bonchev–Trinajstić information content (AvgIpc) is 2.78. The maximum Gasteiger partial charge on any atom is 0.127 e. The molecule has 1 heterocycles. The van der Waals surface area contributed by atoms with Crippen molar-refractivity contribution in [1.82, 2.24) is 14.5 Å². The lowest BCUT2D eigenvalue weighted by Gasteiger charge is -2.24. The highest BCUT2D eigenvalue weighted by Gasteiger charge is 2.19. The third kappa shape index (κ3) is 2.78. The summed E-state index contributed by atoms with van der Waals surface area (Å²) in [4.78, 5) is 6.81. The first-order chi connectivity index (χ1) is 9.19. The molecule has 19 heavy (non-hydrogen) atoms. The van der Waals surface area contributed by atoms with Crippen LogP contribution in [0.2, 0.25) is 0 Å². The van der Waals surface area contributed by atoms with E-state index < -0.39 is 0 Å². The van der Waals surface area contributed by atoms with Gasteiger partial charge in [-0.05, 0) is 26.1 Å². The van der Waals surface area contributed by atoms with Gasteiger partial charge < -0.3 is 15.4 Å². The molecule has 1 aromatic carbocycles. The highest BCUT2D eigenvalue weighted by atomic mass is 16.3. The molecule has 1 aromatic heterocycles. The van der Waals surface area contributed by atoms with Crippen LogP contribution < -0.4 is 5.73 Å². The highest BCUT2D eigenvalue weighted by Crippen LogP contribution is 2.23. The summed E-state index contributed by atoms with van der Waals surface area (Å²) >= 11 is 0. The second kappa shape index (κ2) is 6.14. The molecule has 0 saturated carbocycles. The summed E-state index contributed by atoms with van der Waals surface area (Å²) in [7, 11) is 1.99. The van der Waals surface area contributed by atoms with Crippen LogP contribution in [0, 0.1) is 0 Å². The van der Waals surface area contributed by atoms with E-state index in [0.717, 1.165) is 23.4 Å². The van der Waals surface area contributed by atoms with Gasteiger partial charge in [0, 0.05) is 19.6 Å². The van der Waals surface area contributed by atoms with Gasteiger partial charge in [-0.1, -0.05) is 12.1 Å². The molecule has 0 aliphatic heterocycles. The normalized spacial score (nSPS) is 13.3. The lowest BCUT2D eigenvalue weighted by molar-refractivity contribution is 0.182. The molecule has 2 rings (SSSR count). The number of para-hydroxylation sites is 2. The van der Waals surface area contributed by atoms with E-state index in [1.807, 2.05) is 25.2 Å². The summed E-state index contributed by atoms with van der Waals surface area (Å²) in [6, 6.07) is 8.24. The molecular formula is C14H22N4O. The molecule has 0 spiro atoms. The summed E-state index contributed by atoms with van der Waals surface area (Å²) in [5, 5.41) is 9.06. The van der Waals surface area contributed by atoms with E-state index in [2.05, 4.69) is 22.5 Å². The Morgan fingerprint density at radius 3 is 2.84 bits per heavy atom. The van der Waals surface area contributed by atoms with Crippen LogP contribution in [-0.2, 0) is 6.54 Å². The van der Waals surface area contributed by atoms with Crippen molar-refractivity contribution >= 4 is 11.0 Å². The van der Waals surface area contributed by atoms with Crippen LogP contribution in [0.1, 0.15) is 18.8 Å². The number of nitrogens with zero attached hydrogens (tertiary/aromatic N) is 3. The topological polar surface area (TPSA) is 67.3 Å². The van der Waals surface area contributed by atoms with Crippen LogP contribution in [0.25, 0.3) is 11.0 Å². The predicted octanol–water partition coefficient (Wildman–Crippen LogP) is 0.980. The monoisotopic (exact) mass is 262 g/mol. The van der Waals surface area contributed by atoms with Gasteiger partial charge in [0.2, 0.25) is 0 Å². The van der Waals surface area contributed by atoms with Crippen LogP contribution in [-0.4, -0.2) is 46.3 Å². The molecule has 1 atom stereocenters. The molecule has 5 heteroatoms. The van der Waals surface area contributed by atoms with Gasteiger partial charge in [0.05, 0.1) is 23.7 Å². The van der Waals surface area contributed by atoms with E-state index in [-0.39, 0.29) is 12.6 Å². The molecule has 0 amide bonds. The Morgan fingerprint density at radius 1 is 1.42 bits per heavy atom. The van der Waals surface area contributed by atoms with Crippen molar-refractivity contribution in [2.75, 3.05) is 26.7 Å². The number of hydrogen-bond acceptors (Lipinski definition) is 4. The minimum absolute atomic E-state index is 0.145. The SMILES string of the molecule is CC(c1nc2ccccc2n1CCN)N(C)CCO. The Balaban J connectivity index is 2.43. The maximum absolute atomic E-state index is 9.06. The molecule has 0 saturated heterocycles. The zero-order chi connectivity index (χ0) is 13.8. The van der Waals surface area contributed by atoms with Crippen molar-refractivity contribution in [2.45, 2.75) is 19.5 Å². The number of likely N-dealkylation sites (N-methyl/N-ethyl adjacent to an activating group) is 1. The molecule has 0 bridgehead atoms. The van der Waals surface area contributed by atoms with E-state index in [0.29, 0.717) is 13.1 Å². The smallest absolute Gasteiger partial charge is 0.127 e. The lowest BCUT2D eigenvalue weighted by atomic mass is 10.2. The number of aliphatic hydroxyl groups is 1. The fourth-order valence-electron chi connectivity index (χ4n) is 2.33. The number of imidazole rings is 1. The van der Waals surface area contributed by atoms with E-state index in [1.54, 1.807) is 0 Å². The third-order valence-electron chi connectivity index (χ3n) is 3.52. The molecule has 0 fully saturated rings. The van der Waals surface area contributed by atoms with Crippen molar-refractivity contribution in [3.8, 4) is 0 Å². The molecular weight excluding hydrogens is 240 g/mol. The van der Waals surface area contributed by atoms with Crippen molar-refractivity contribution in [2.24, 2.45) is 5.73 Å². The van der Waals surface area contributed by atoms with Crippen molar-refractivity contribution in [1.29, 1.82) is 0 Å². The van der Waals surface area contributed by atoms with Gasteiger partial charge in [-0.25, -0.2) is 4.98 Å². The summed E-state index contributed by atoms with van der Waals surface area (Å²) in [5.74, 6) is 1.00. The first-order valence-corrected chi connectivity index (χ1v) is 6.65. The second-order valence-corrected chi connectivity index (χ2v) is 4.78. The summed E-state index contributed by atoms with van der Waals surface area (Å²) in [5.41, 5.74) is 7.83. The molecule has 0 aliphatic rings. The van der Waals surface area contributed by atoms with E-state index >= 15 is 0 Å². The van der Waals surface area contributed by atoms with E-state index in [1.165, 1.54) is 0 Å². The lowest BCUT2D eigenvalue weighted by Crippen LogP contribution is -2.28. The number of nitrogens with two attached hydrogens (primary N) is 1. The van der Waals surface area contributed by atoms with Gasteiger partial charge in [-0.15, -0.1) is 0 Å². The number of hydrogen-bond donors (Lipinski definition) is 2. The van der Waals surface area contributed by atoms with E-state index in [9.17, 15) is 0 Å². The van der Waals surface area contributed by atoms with Crippen molar-refractivity contribution in [3.63, 3.8) is 0 Å². The first kappa shape index (κ1) is 14.0. The number of rotatable bonds is 6. The van der Waals surface area contributed by atoms with Gasteiger partial charge in [-0.3, -0.25) is 4.90 Å². The van der Waals surface area contributed by atoms with Crippen LogP contribution >= 0.6 is 0 Å². The van der Waals surface area contributed by atoms with Crippen molar-refractivity contribution in [3.05, 3.63) is 30.1 Å². The number of aliphatic hydroxyl groups excluding tert-OH is 1. The van der Waals surface area contributed by atoms with Crippen LogP contribution in [0.3, 0.4) is 0 Å². The summed E-state index contributed by atoms with van der Waals surface area (Å²) < 4.78 is 2.17. The molecule has 104 valence electrons. The van der Waals surface area contributed by atoms with Gasteiger partial charge in [0.25, 0.3) is 0 Å². The van der Waals surface area contributed by atoms with Crippen LogP contribution in [0.15, 0.2) is 24.3 Å². The number of fused-ring (bicyclic) bond motifs is 1. The predicted molar refractivity (Wildman–Crippen MR) is 76.9 cm³/mol. The van der Waals surface area contributed by atoms with Gasteiger partial charge in [-0.2, -0.15) is 0 Å². The number of aromatic nitrogens is 2. The summed E-state index contributed by atoms with van der Waals surface area (Å²) in [6.45, 7) is 4.23. The fraction of sp³-hybridized carbons (Fsp3) is 0.500. The van der Waals surface area contributed by atoms with Gasteiger partial charge in [0.15, 0.2) is 0 Å². The molecule has 0 aliphatic carbocycles. The van der Waals surface area contributed by atoms with Crippen molar-refractivity contribution < 1.29 is 5.11 Å². The van der Waals surface area contributed by atoms with Gasteiger partial charge >= 0.3 is 0 Å². The minimum atomic E-state index is 0.145. The standard InChI is InChI=1S/C14H22N4O/c1-11(17(2)9-10-19)14-16-12-5-3-4-6-13(12)18(14)8-7-15/h3-6,11,19H,7-10,15H2,1-2H3. The minimum Gasteiger partial charge on any atom is -0.395 e. The zero-order valence-corrected chi connectivity index (χ0v) is 11.6. The number of benzene rings is 1.